The van der Waals surface area contributed by atoms with E-state index in [1.165, 1.54) is 0 Å². The third-order valence-electron chi connectivity index (χ3n) is 3.62. The molecule has 1 N–H and O–H groups in total. The second kappa shape index (κ2) is 7.31. The Hall–Kier alpha value is -1.75. The highest BCUT2D eigenvalue weighted by atomic mass is 16.6. The van der Waals surface area contributed by atoms with Crippen molar-refractivity contribution in [1.29, 1.82) is 0 Å². The second-order valence-electron chi connectivity index (χ2n) is 5.33. The van der Waals surface area contributed by atoms with Crippen molar-refractivity contribution in [3.8, 4) is 11.5 Å². The van der Waals surface area contributed by atoms with E-state index in [-0.39, 0.29) is 17.9 Å². The zero-order chi connectivity index (χ0) is 15.2. The number of nitrogens with one attached hydrogen (secondary N) is 1. The Morgan fingerprint density at radius 2 is 2.14 bits per heavy atom. The molecule has 0 fully saturated rings. The monoisotopic (exact) mass is 292 g/mol. The summed E-state index contributed by atoms with van der Waals surface area (Å²) in [4.78, 5) is 14.2. The highest BCUT2D eigenvalue weighted by molar-refractivity contribution is 5.78. The Bertz CT molecular complexity index is 478. The van der Waals surface area contributed by atoms with Crippen molar-refractivity contribution in [2.75, 3.05) is 33.3 Å². The lowest BCUT2D eigenvalue weighted by molar-refractivity contribution is -0.136. The highest BCUT2D eigenvalue weighted by Crippen LogP contribution is 2.31. The first kappa shape index (κ1) is 15.6. The van der Waals surface area contributed by atoms with E-state index in [0.717, 1.165) is 11.5 Å². The molecule has 5 heteroatoms. The predicted molar refractivity (Wildman–Crippen MR) is 81.7 cm³/mol. The number of rotatable bonds is 6. The van der Waals surface area contributed by atoms with Crippen LogP contribution in [0.25, 0.3) is 0 Å². The number of likely N-dealkylation sites (N-methyl/N-ethyl adjacent to an activating group) is 1. The average Bonchev–Trinajstić information content (AvgIpc) is 2.52. The van der Waals surface area contributed by atoms with Gasteiger partial charge in [-0.25, -0.2) is 0 Å². The molecular weight excluding hydrogens is 268 g/mol. The number of hydrogen-bond donors (Lipinski definition) is 1. The van der Waals surface area contributed by atoms with Crippen molar-refractivity contribution >= 4 is 5.91 Å². The third kappa shape index (κ3) is 3.88. The summed E-state index contributed by atoms with van der Waals surface area (Å²) in [5.41, 5.74) is 0. The molecule has 116 valence electrons. The molecule has 1 aromatic rings. The van der Waals surface area contributed by atoms with Gasteiger partial charge in [-0.05, 0) is 26.1 Å². The first-order chi connectivity index (χ1) is 10.2. The van der Waals surface area contributed by atoms with Crippen LogP contribution in [0.2, 0.25) is 0 Å². The fraction of sp³-hybridized carbons (Fsp3) is 0.562. The minimum atomic E-state index is -0.120. The van der Waals surface area contributed by atoms with Crippen LogP contribution >= 0.6 is 0 Å². The molecule has 21 heavy (non-hydrogen) atoms. The van der Waals surface area contributed by atoms with Crippen molar-refractivity contribution in [2.45, 2.75) is 20.0 Å². The van der Waals surface area contributed by atoms with E-state index < -0.39 is 0 Å². The highest BCUT2D eigenvalue weighted by Gasteiger charge is 2.26. The Balaban J connectivity index is 1.95. The lowest BCUT2D eigenvalue weighted by Crippen LogP contribution is -2.46. The van der Waals surface area contributed by atoms with Crippen LogP contribution < -0.4 is 14.8 Å². The van der Waals surface area contributed by atoms with Crippen molar-refractivity contribution < 1.29 is 14.3 Å². The summed E-state index contributed by atoms with van der Waals surface area (Å²) in [7, 11) is 1.86. The molecule has 2 atom stereocenters. The predicted octanol–water partition coefficient (Wildman–Crippen LogP) is 1.53. The normalized spacial score (nSPS) is 18.1. The van der Waals surface area contributed by atoms with Gasteiger partial charge in [0.2, 0.25) is 5.91 Å². The molecule has 0 saturated heterocycles. The molecule has 1 aliphatic rings. The zero-order valence-corrected chi connectivity index (χ0v) is 13.0. The summed E-state index contributed by atoms with van der Waals surface area (Å²) in [6, 6.07) is 7.62. The smallest absolute Gasteiger partial charge is 0.226 e. The maximum atomic E-state index is 12.4. The quantitative estimate of drug-likeness (QED) is 0.864. The Morgan fingerprint density at radius 1 is 1.43 bits per heavy atom. The summed E-state index contributed by atoms with van der Waals surface area (Å²) in [5, 5.41) is 3.04. The van der Waals surface area contributed by atoms with Crippen molar-refractivity contribution in [2.24, 2.45) is 5.92 Å². The fourth-order valence-corrected chi connectivity index (χ4v) is 2.48. The van der Waals surface area contributed by atoms with Gasteiger partial charge in [0.05, 0.1) is 6.54 Å². The van der Waals surface area contributed by atoms with Crippen LogP contribution in [0.3, 0.4) is 0 Å². The third-order valence-corrected chi connectivity index (χ3v) is 3.62. The molecule has 0 aromatic heterocycles. The zero-order valence-electron chi connectivity index (χ0n) is 13.0. The maximum Gasteiger partial charge on any atom is 0.226 e. The van der Waals surface area contributed by atoms with Gasteiger partial charge in [-0.2, -0.15) is 0 Å². The SMILES string of the molecule is CCN(CC1COc2ccccc2O1)C(=O)C(C)CNC. The van der Waals surface area contributed by atoms with E-state index in [1.807, 2.05) is 50.1 Å². The van der Waals surface area contributed by atoms with E-state index >= 15 is 0 Å². The molecule has 1 aliphatic heterocycles. The number of carbonyl (C=O) groups is 1. The van der Waals surface area contributed by atoms with Crippen LogP contribution in [0.1, 0.15) is 13.8 Å². The van der Waals surface area contributed by atoms with Crippen molar-refractivity contribution in [3.63, 3.8) is 0 Å². The molecule has 0 spiro atoms. The molecule has 5 nitrogen and oxygen atoms in total. The second-order valence-corrected chi connectivity index (χ2v) is 5.33. The number of fused-ring (bicyclic) bond motifs is 1. The Morgan fingerprint density at radius 3 is 2.81 bits per heavy atom. The lowest BCUT2D eigenvalue weighted by atomic mass is 10.1. The maximum absolute atomic E-state index is 12.4. The van der Waals surface area contributed by atoms with Gasteiger partial charge in [0, 0.05) is 19.0 Å². The van der Waals surface area contributed by atoms with E-state index in [1.54, 1.807) is 0 Å². The number of hydrogen-bond acceptors (Lipinski definition) is 4. The van der Waals surface area contributed by atoms with Gasteiger partial charge < -0.3 is 19.7 Å². The van der Waals surface area contributed by atoms with Crippen molar-refractivity contribution in [1.82, 2.24) is 10.2 Å². The number of benzene rings is 1. The number of carbonyl (C=O) groups excluding carboxylic acids is 1. The molecular formula is C16H24N2O3. The number of nitrogens with zero attached hydrogens (tertiary/aromatic N) is 1. The summed E-state index contributed by atoms with van der Waals surface area (Å²) < 4.78 is 11.6. The minimum Gasteiger partial charge on any atom is -0.486 e. The van der Waals surface area contributed by atoms with Gasteiger partial charge in [0.1, 0.15) is 6.61 Å². The molecule has 0 saturated carbocycles. The molecule has 0 bridgehead atoms. The lowest BCUT2D eigenvalue weighted by Gasteiger charge is -2.32. The first-order valence-corrected chi connectivity index (χ1v) is 7.47. The average molecular weight is 292 g/mol. The molecule has 2 unspecified atom stereocenters. The Labute approximate surface area is 126 Å². The topological polar surface area (TPSA) is 50.8 Å². The first-order valence-electron chi connectivity index (χ1n) is 7.47. The standard InChI is InChI=1S/C16H24N2O3/c1-4-18(16(19)12(2)9-17-3)10-13-11-20-14-7-5-6-8-15(14)21-13/h5-8,12-13,17H,4,9-11H2,1-3H3. The molecule has 2 rings (SSSR count). The fourth-order valence-electron chi connectivity index (χ4n) is 2.48. The van der Waals surface area contributed by atoms with Crippen LogP contribution in [0, 0.1) is 5.92 Å². The van der Waals surface area contributed by atoms with E-state index in [9.17, 15) is 4.79 Å². The van der Waals surface area contributed by atoms with E-state index in [2.05, 4.69) is 5.32 Å². The minimum absolute atomic E-state index is 0.0354. The van der Waals surface area contributed by atoms with Gasteiger partial charge in [-0.3, -0.25) is 4.79 Å². The molecule has 1 amide bonds. The number of ether oxygens (including phenoxy) is 2. The summed E-state index contributed by atoms with van der Waals surface area (Å²) in [6.45, 7) is 6.31. The molecule has 0 radical (unpaired) electrons. The van der Waals surface area contributed by atoms with Crippen LogP contribution in [0.15, 0.2) is 24.3 Å². The summed E-state index contributed by atoms with van der Waals surface area (Å²) >= 11 is 0. The van der Waals surface area contributed by atoms with Crippen LogP contribution in [-0.2, 0) is 4.79 Å². The van der Waals surface area contributed by atoms with Gasteiger partial charge in [-0.1, -0.05) is 19.1 Å². The summed E-state index contributed by atoms with van der Waals surface area (Å²) in [6.07, 6.45) is -0.120. The van der Waals surface area contributed by atoms with Gasteiger partial charge in [0.15, 0.2) is 17.6 Å². The summed E-state index contributed by atoms with van der Waals surface area (Å²) in [5.74, 6) is 1.63. The van der Waals surface area contributed by atoms with E-state index in [4.69, 9.17) is 9.47 Å². The van der Waals surface area contributed by atoms with Gasteiger partial charge in [0.25, 0.3) is 0 Å². The molecule has 0 aliphatic carbocycles. The molecule has 1 aromatic carbocycles. The Kier molecular flexibility index (Phi) is 5.44. The van der Waals surface area contributed by atoms with E-state index in [0.29, 0.717) is 26.2 Å². The molecule has 1 heterocycles. The number of para-hydroxylation sites is 2. The van der Waals surface area contributed by atoms with Gasteiger partial charge in [-0.15, -0.1) is 0 Å². The number of amides is 1. The van der Waals surface area contributed by atoms with Crippen LogP contribution in [0.5, 0.6) is 11.5 Å². The van der Waals surface area contributed by atoms with Crippen molar-refractivity contribution in [3.05, 3.63) is 24.3 Å². The van der Waals surface area contributed by atoms with Gasteiger partial charge >= 0.3 is 0 Å². The largest absolute Gasteiger partial charge is 0.486 e. The van der Waals surface area contributed by atoms with Crippen LogP contribution in [-0.4, -0.2) is 50.2 Å². The van der Waals surface area contributed by atoms with Crippen LogP contribution in [0.4, 0.5) is 0 Å².